The Kier molecular flexibility index (Phi) is 7.34. The number of benzene rings is 1. The molecular weight excluding hydrogens is 440 g/mol. The van der Waals surface area contributed by atoms with Crippen LogP contribution in [0.4, 0.5) is 0 Å². The number of carbonyl (C=O) groups is 2. The molecule has 0 fully saturated rings. The first-order valence-electron chi connectivity index (χ1n) is 11.1. The van der Waals surface area contributed by atoms with Gasteiger partial charge in [-0.05, 0) is 48.1 Å². The zero-order chi connectivity index (χ0) is 23.2. The van der Waals surface area contributed by atoms with Crippen LogP contribution >= 0.6 is 11.3 Å². The molecule has 4 rings (SSSR count). The Morgan fingerprint density at radius 3 is 2.64 bits per heavy atom. The van der Waals surface area contributed by atoms with Crippen molar-refractivity contribution in [2.75, 3.05) is 13.2 Å². The molecule has 7 nitrogen and oxygen atoms in total. The highest BCUT2D eigenvalue weighted by Gasteiger charge is 2.39. The van der Waals surface area contributed by atoms with Crippen LogP contribution in [0.3, 0.4) is 0 Å². The third-order valence-electron chi connectivity index (χ3n) is 5.37. The number of furan rings is 1. The fourth-order valence-electron chi connectivity index (χ4n) is 3.64. The van der Waals surface area contributed by atoms with E-state index < -0.39 is 12.1 Å². The highest BCUT2D eigenvalue weighted by Crippen LogP contribution is 2.33. The quantitative estimate of drug-likeness (QED) is 0.503. The molecule has 0 saturated carbocycles. The van der Waals surface area contributed by atoms with Crippen molar-refractivity contribution in [3.8, 4) is 11.5 Å². The van der Waals surface area contributed by atoms with E-state index in [1.54, 1.807) is 30.5 Å². The summed E-state index contributed by atoms with van der Waals surface area (Å²) < 4.78 is 17.3. The lowest BCUT2D eigenvalue weighted by molar-refractivity contribution is -0.149. The molecule has 3 aromatic rings. The van der Waals surface area contributed by atoms with Gasteiger partial charge in [-0.15, -0.1) is 11.3 Å². The summed E-state index contributed by atoms with van der Waals surface area (Å²) in [5.41, 5.74) is 0. The van der Waals surface area contributed by atoms with Crippen LogP contribution in [0, 0.1) is 5.92 Å². The molecule has 2 aromatic heterocycles. The van der Waals surface area contributed by atoms with Gasteiger partial charge in [-0.1, -0.05) is 32.0 Å². The van der Waals surface area contributed by atoms with Gasteiger partial charge in [0.05, 0.1) is 12.8 Å². The lowest BCUT2D eigenvalue weighted by atomic mass is 10.1. The Balaban J connectivity index is 1.62. The van der Waals surface area contributed by atoms with Gasteiger partial charge in [0.15, 0.2) is 11.5 Å². The van der Waals surface area contributed by atoms with Crippen molar-refractivity contribution in [1.82, 2.24) is 10.2 Å². The first-order valence-corrected chi connectivity index (χ1v) is 11.9. The Labute approximate surface area is 197 Å². The highest BCUT2D eigenvalue weighted by molar-refractivity contribution is 7.10. The molecule has 2 amide bonds. The second-order valence-corrected chi connectivity index (χ2v) is 9.28. The average molecular weight is 469 g/mol. The summed E-state index contributed by atoms with van der Waals surface area (Å²) in [5.74, 6) is 1.58. The van der Waals surface area contributed by atoms with Gasteiger partial charge in [0.1, 0.15) is 18.4 Å². The van der Waals surface area contributed by atoms with Crippen LogP contribution in [0.15, 0.2) is 64.6 Å². The van der Waals surface area contributed by atoms with Crippen LogP contribution in [0.2, 0.25) is 0 Å². The number of nitrogens with zero attached hydrogens (tertiary/aromatic N) is 1. The molecule has 2 atom stereocenters. The Morgan fingerprint density at radius 2 is 1.94 bits per heavy atom. The van der Waals surface area contributed by atoms with E-state index in [1.807, 2.05) is 29.6 Å². The maximum Gasteiger partial charge on any atom is 0.268 e. The normalized spacial score (nSPS) is 15.8. The van der Waals surface area contributed by atoms with Crippen LogP contribution in [0.1, 0.15) is 36.9 Å². The second kappa shape index (κ2) is 10.6. The van der Waals surface area contributed by atoms with Crippen molar-refractivity contribution >= 4 is 23.2 Å². The Morgan fingerprint density at radius 1 is 1.12 bits per heavy atom. The van der Waals surface area contributed by atoms with Crippen LogP contribution in [-0.4, -0.2) is 36.0 Å². The van der Waals surface area contributed by atoms with Crippen molar-refractivity contribution < 1.29 is 23.5 Å². The fourth-order valence-corrected chi connectivity index (χ4v) is 4.48. The number of carbonyl (C=O) groups excluding carboxylic acids is 2. The third-order valence-corrected chi connectivity index (χ3v) is 6.29. The minimum absolute atomic E-state index is 0.0661. The predicted molar refractivity (Wildman–Crippen MR) is 125 cm³/mol. The molecule has 1 aliphatic heterocycles. The van der Waals surface area contributed by atoms with E-state index in [0.717, 1.165) is 11.3 Å². The molecule has 0 spiro atoms. The van der Waals surface area contributed by atoms with Gasteiger partial charge in [-0.25, -0.2) is 0 Å². The van der Waals surface area contributed by atoms with E-state index in [1.165, 1.54) is 16.2 Å². The minimum Gasteiger partial charge on any atom is -0.485 e. The molecule has 0 bridgehead atoms. The molecular formula is C25H28N2O5S. The molecule has 1 aromatic carbocycles. The smallest absolute Gasteiger partial charge is 0.268 e. The van der Waals surface area contributed by atoms with E-state index in [-0.39, 0.29) is 25.0 Å². The number of para-hydroxylation sites is 2. The number of hydrogen-bond acceptors (Lipinski definition) is 6. The summed E-state index contributed by atoms with van der Waals surface area (Å²) in [7, 11) is 0. The van der Waals surface area contributed by atoms with Gasteiger partial charge in [-0.3, -0.25) is 9.59 Å². The lowest BCUT2D eigenvalue weighted by Gasteiger charge is -2.34. The van der Waals surface area contributed by atoms with Crippen molar-refractivity contribution in [3.63, 3.8) is 0 Å². The molecule has 3 heterocycles. The van der Waals surface area contributed by atoms with E-state index in [2.05, 4.69) is 19.2 Å². The number of rotatable bonds is 9. The number of amides is 2. The van der Waals surface area contributed by atoms with E-state index in [4.69, 9.17) is 13.9 Å². The molecule has 1 aliphatic rings. The molecule has 1 N–H and O–H groups in total. The first-order chi connectivity index (χ1) is 16.0. The number of thiophene rings is 1. The number of ether oxygens (including phenoxy) is 2. The molecule has 33 heavy (non-hydrogen) atoms. The third kappa shape index (κ3) is 5.57. The van der Waals surface area contributed by atoms with Crippen molar-refractivity contribution in [2.45, 2.75) is 39.0 Å². The van der Waals surface area contributed by atoms with Gasteiger partial charge in [0, 0.05) is 11.4 Å². The zero-order valence-electron chi connectivity index (χ0n) is 18.7. The summed E-state index contributed by atoms with van der Waals surface area (Å²) in [6.07, 6.45) is 1.53. The number of fused-ring (bicyclic) bond motifs is 1. The topological polar surface area (TPSA) is 81.0 Å². The van der Waals surface area contributed by atoms with Crippen molar-refractivity contribution in [3.05, 3.63) is 70.8 Å². The molecule has 0 saturated heterocycles. The van der Waals surface area contributed by atoms with Crippen LogP contribution in [0.25, 0.3) is 0 Å². The lowest BCUT2D eigenvalue weighted by Crippen LogP contribution is -2.50. The summed E-state index contributed by atoms with van der Waals surface area (Å²) in [6.45, 7) is 4.95. The van der Waals surface area contributed by atoms with Crippen LogP contribution in [-0.2, 0) is 16.1 Å². The van der Waals surface area contributed by atoms with Gasteiger partial charge < -0.3 is 24.1 Å². The fraction of sp³-hybridized carbons (Fsp3) is 0.360. The van der Waals surface area contributed by atoms with E-state index >= 15 is 0 Å². The van der Waals surface area contributed by atoms with E-state index in [0.29, 0.717) is 29.7 Å². The van der Waals surface area contributed by atoms with E-state index in [9.17, 15) is 9.59 Å². The maximum absolute atomic E-state index is 13.8. The van der Waals surface area contributed by atoms with Gasteiger partial charge in [0.25, 0.3) is 5.91 Å². The average Bonchev–Trinajstić information content (AvgIpc) is 3.52. The van der Waals surface area contributed by atoms with Gasteiger partial charge in [0.2, 0.25) is 12.0 Å². The standard InChI is InChI=1S/C25H28N2O5S/c1-17(2)11-12-26-24(28)23(22-10-6-14-33-22)27(15-18-7-5-13-30-18)25(29)21-16-31-19-8-3-4-9-20(19)32-21/h3-10,13-14,17,21,23H,11-12,15-16H2,1-2H3,(H,26,28). The molecule has 8 heteroatoms. The number of nitrogens with one attached hydrogen (secondary N) is 1. The van der Waals surface area contributed by atoms with Gasteiger partial charge in [-0.2, -0.15) is 0 Å². The summed E-state index contributed by atoms with van der Waals surface area (Å²) in [5, 5.41) is 4.91. The van der Waals surface area contributed by atoms with Crippen molar-refractivity contribution in [1.29, 1.82) is 0 Å². The maximum atomic E-state index is 13.8. The molecule has 0 radical (unpaired) electrons. The SMILES string of the molecule is CC(C)CCNC(=O)C(c1cccs1)N(Cc1ccco1)C(=O)C1COc2ccccc2O1. The Hall–Kier alpha value is -3.26. The predicted octanol–water partition coefficient (Wildman–Crippen LogP) is 4.41. The summed E-state index contributed by atoms with van der Waals surface area (Å²) in [6, 6.07) is 13.7. The summed E-state index contributed by atoms with van der Waals surface area (Å²) >= 11 is 1.44. The van der Waals surface area contributed by atoms with Gasteiger partial charge >= 0.3 is 0 Å². The van der Waals surface area contributed by atoms with Crippen LogP contribution < -0.4 is 14.8 Å². The zero-order valence-corrected chi connectivity index (χ0v) is 19.5. The molecule has 174 valence electrons. The van der Waals surface area contributed by atoms with Crippen LogP contribution in [0.5, 0.6) is 11.5 Å². The molecule has 0 aliphatic carbocycles. The highest BCUT2D eigenvalue weighted by atomic mass is 32.1. The largest absolute Gasteiger partial charge is 0.485 e. The number of hydrogen-bond donors (Lipinski definition) is 1. The first kappa shape index (κ1) is 22.9. The monoisotopic (exact) mass is 468 g/mol. The Bertz CT molecular complexity index is 1050. The second-order valence-electron chi connectivity index (χ2n) is 8.30. The minimum atomic E-state index is -0.874. The molecule has 2 unspecified atom stereocenters. The summed E-state index contributed by atoms with van der Waals surface area (Å²) in [4.78, 5) is 29.4. The van der Waals surface area contributed by atoms with Crippen molar-refractivity contribution in [2.24, 2.45) is 5.92 Å².